The summed E-state index contributed by atoms with van der Waals surface area (Å²) in [6.45, 7) is 1.88. The van der Waals surface area contributed by atoms with Crippen molar-refractivity contribution in [2.24, 2.45) is 0 Å². The Bertz CT molecular complexity index is 478. The second-order valence-electron chi connectivity index (χ2n) is 3.37. The minimum Gasteiger partial charge on any atom is -0.351 e. The van der Waals surface area contributed by atoms with Gasteiger partial charge in [0.1, 0.15) is 5.69 Å². The van der Waals surface area contributed by atoms with E-state index in [1.54, 1.807) is 6.20 Å². The van der Waals surface area contributed by atoms with Crippen LogP contribution in [0.2, 0.25) is 0 Å². The third-order valence-electron chi connectivity index (χ3n) is 2.04. The van der Waals surface area contributed by atoms with Gasteiger partial charge in [0.2, 0.25) is 5.91 Å². The van der Waals surface area contributed by atoms with Gasteiger partial charge in [-0.05, 0) is 12.1 Å². The Morgan fingerprint density at radius 2 is 2.12 bits per heavy atom. The van der Waals surface area contributed by atoms with E-state index in [0.29, 0.717) is 6.54 Å². The molecular formula is C11H12N4O. The molecule has 0 aliphatic heterocycles. The standard InChI is InChI=1S/C11H12N4O/c1-9(16)12-7-10-8-13-15(14-10)11-5-3-2-4-6-11/h2-6,8H,7H2,1H3,(H,12,16). The number of para-hydroxylation sites is 1. The van der Waals surface area contributed by atoms with Gasteiger partial charge in [0.05, 0.1) is 18.4 Å². The van der Waals surface area contributed by atoms with Crippen molar-refractivity contribution in [2.75, 3.05) is 0 Å². The van der Waals surface area contributed by atoms with Gasteiger partial charge in [0.15, 0.2) is 0 Å². The SMILES string of the molecule is CC(=O)NCc1cnn(-c2ccccc2)n1. The Morgan fingerprint density at radius 3 is 2.81 bits per heavy atom. The van der Waals surface area contributed by atoms with Crippen LogP contribution in [-0.2, 0) is 11.3 Å². The van der Waals surface area contributed by atoms with Gasteiger partial charge in [-0.25, -0.2) is 0 Å². The van der Waals surface area contributed by atoms with Crippen LogP contribution in [0.15, 0.2) is 36.5 Å². The molecule has 0 atom stereocenters. The van der Waals surface area contributed by atoms with E-state index in [1.807, 2.05) is 30.3 Å². The van der Waals surface area contributed by atoms with Crippen molar-refractivity contribution in [3.63, 3.8) is 0 Å². The third kappa shape index (κ3) is 2.44. The molecule has 0 spiro atoms. The summed E-state index contributed by atoms with van der Waals surface area (Å²) in [5.74, 6) is -0.0748. The number of rotatable bonds is 3. The first-order valence-corrected chi connectivity index (χ1v) is 4.97. The van der Waals surface area contributed by atoms with Crippen LogP contribution in [0, 0.1) is 0 Å². The maximum atomic E-state index is 10.7. The highest BCUT2D eigenvalue weighted by Crippen LogP contribution is 2.03. The van der Waals surface area contributed by atoms with E-state index in [2.05, 4.69) is 15.5 Å². The fourth-order valence-corrected chi connectivity index (χ4v) is 1.28. The Labute approximate surface area is 93.1 Å². The summed E-state index contributed by atoms with van der Waals surface area (Å²) >= 11 is 0. The molecule has 0 saturated heterocycles. The van der Waals surface area contributed by atoms with E-state index in [4.69, 9.17) is 0 Å². The van der Waals surface area contributed by atoms with E-state index >= 15 is 0 Å². The lowest BCUT2D eigenvalue weighted by molar-refractivity contribution is -0.119. The van der Waals surface area contributed by atoms with E-state index in [0.717, 1.165) is 11.4 Å². The van der Waals surface area contributed by atoms with Gasteiger partial charge >= 0.3 is 0 Å². The fraction of sp³-hybridized carbons (Fsp3) is 0.182. The molecule has 82 valence electrons. The first-order chi connectivity index (χ1) is 7.75. The number of amides is 1. The molecule has 0 aliphatic rings. The van der Waals surface area contributed by atoms with Crippen molar-refractivity contribution in [3.05, 3.63) is 42.2 Å². The Hall–Kier alpha value is -2.17. The second-order valence-corrected chi connectivity index (χ2v) is 3.37. The van der Waals surface area contributed by atoms with Gasteiger partial charge in [0.25, 0.3) is 0 Å². The first kappa shape index (κ1) is 10.4. The van der Waals surface area contributed by atoms with Crippen molar-refractivity contribution in [3.8, 4) is 5.69 Å². The molecule has 0 aliphatic carbocycles. The maximum Gasteiger partial charge on any atom is 0.217 e. The first-order valence-electron chi connectivity index (χ1n) is 4.97. The molecule has 1 heterocycles. The molecule has 1 aromatic heterocycles. The average Bonchev–Trinajstić information content (AvgIpc) is 2.76. The number of nitrogens with zero attached hydrogens (tertiary/aromatic N) is 3. The van der Waals surface area contributed by atoms with Crippen molar-refractivity contribution in [2.45, 2.75) is 13.5 Å². The number of nitrogens with one attached hydrogen (secondary N) is 1. The van der Waals surface area contributed by atoms with Crippen LogP contribution >= 0.6 is 0 Å². The summed E-state index contributed by atoms with van der Waals surface area (Å²) in [4.78, 5) is 12.3. The molecule has 0 bridgehead atoms. The van der Waals surface area contributed by atoms with Crippen molar-refractivity contribution in [1.82, 2.24) is 20.3 Å². The van der Waals surface area contributed by atoms with Crippen molar-refractivity contribution in [1.29, 1.82) is 0 Å². The average molecular weight is 216 g/mol. The summed E-state index contributed by atoms with van der Waals surface area (Å²) < 4.78 is 0. The molecule has 16 heavy (non-hydrogen) atoms. The quantitative estimate of drug-likeness (QED) is 0.829. The van der Waals surface area contributed by atoms with E-state index < -0.39 is 0 Å². The lowest BCUT2D eigenvalue weighted by Crippen LogP contribution is -2.19. The lowest BCUT2D eigenvalue weighted by Gasteiger charge is -1.98. The van der Waals surface area contributed by atoms with E-state index in [1.165, 1.54) is 11.7 Å². The molecule has 0 unspecified atom stereocenters. The summed E-state index contributed by atoms with van der Waals surface area (Å²) in [5.41, 5.74) is 1.63. The summed E-state index contributed by atoms with van der Waals surface area (Å²) in [7, 11) is 0. The zero-order chi connectivity index (χ0) is 11.4. The van der Waals surface area contributed by atoms with Gasteiger partial charge < -0.3 is 5.32 Å². The minimum absolute atomic E-state index is 0.0748. The molecule has 1 N–H and O–H groups in total. The highest BCUT2D eigenvalue weighted by Gasteiger charge is 2.02. The van der Waals surface area contributed by atoms with E-state index in [9.17, 15) is 4.79 Å². The van der Waals surface area contributed by atoms with Gasteiger partial charge in [-0.15, -0.1) is 0 Å². The second kappa shape index (κ2) is 4.57. The number of hydrogen-bond donors (Lipinski definition) is 1. The summed E-state index contributed by atoms with van der Waals surface area (Å²) in [6, 6.07) is 9.62. The van der Waals surface area contributed by atoms with Crippen LogP contribution in [0.4, 0.5) is 0 Å². The number of aromatic nitrogens is 3. The molecule has 1 aromatic carbocycles. The lowest BCUT2D eigenvalue weighted by atomic mass is 10.3. The van der Waals surface area contributed by atoms with Gasteiger partial charge in [-0.2, -0.15) is 15.0 Å². The molecule has 1 amide bonds. The Kier molecular flexibility index (Phi) is 2.95. The predicted molar refractivity (Wildman–Crippen MR) is 58.9 cm³/mol. The molecule has 0 fully saturated rings. The van der Waals surface area contributed by atoms with Crippen LogP contribution in [-0.4, -0.2) is 20.9 Å². The van der Waals surface area contributed by atoms with Crippen LogP contribution in [0.1, 0.15) is 12.6 Å². The largest absolute Gasteiger partial charge is 0.351 e. The Morgan fingerprint density at radius 1 is 1.38 bits per heavy atom. The predicted octanol–water partition coefficient (Wildman–Crippen LogP) is 0.903. The fourth-order valence-electron chi connectivity index (χ4n) is 1.28. The van der Waals surface area contributed by atoms with Crippen molar-refractivity contribution >= 4 is 5.91 Å². The van der Waals surface area contributed by atoms with Crippen LogP contribution < -0.4 is 5.32 Å². The molecule has 5 heteroatoms. The molecule has 0 saturated carbocycles. The molecular weight excluding hydrogens is 204 g/mol. The normalized spacial score (nSPS) is 10.1. The van der Waals surface area contributed by atoms with Crippen LogP contribution in [0.5, 0.6) is 0 Å². The maximum absolute atomic E-state index is 10.7. The third-order valence-corrected chi connectivity index (χ3v) is 2.04. The number of benzene rings is 1. The minimum atomic E-state index is -0.0748. The molecule has 2 rings (SSSR count). The summed E-state index contributed by atoms with van der Waals surface area (Å²) in [6.07, 6.45) is 1.64. The number of carbonyl (C=O) groups is 1. The molecule has 0 radical (unpaired) electrons. The zero-order valence-corrected chi connectivity index (χ0v) is 8.92. The van der Waals surface area contributed by atoms with Gasteiger partial charge in [-0.3, -0.25) is 4.79 Å². The Balaban J connectivity index is 2.11. The van der Waals surface area contributed by atoms with Gasteiger partial charge in [-0.1, -0.05) is 18.2 Å². The number of carbonyl (C=O) groups excluding carboxylic acids is 1. The van der Waals surface area contributed by atoms with Gasteiger partial charge in [0, 0.05) is 6.92 Å². The van der Waals surface area contributed by atoms with Crippen LogP contribution in [0.25, 0.3) is 5.69 Å². The van der Waals surface area contributed by atoms with Crippen molar-refractivity contribution < 1.29 is 4.79 Å². The smallest absolute Gasteiger partial charge is 0.217 e. The highest BCUT2D eigenvalue weighted by molar-refractivity contribution is 5.72. The molecule has 5 nitrogen and oxygen atoms in total. The highest BCUT2D eigenvalue weighted by atomic mass is 16.1. The topological polar surface area (TPSA) is 59.8 Å². The monoisotopic (exact) mass is 216 g/mol. The van der Waals surface area contributed by atoms with Crippen LogP contribution in [0.3, 0.4) is 0 Å². The zero-order valence-electron chi connectivity index (χ0n) is 8.92. The molecule has 2 aromatic rings. The number of hydrogen-bond acceptors (Lipinski definition) is 3. The summed E-state index contributed by atoms with van der Waals surface area (Å²) in [5, 5.41) is 11.0. The van der Waals surface area contributed by atoms with E-state index in [-0.39, 0.29) is 5.91 Å².